The van der Waals surface area contributed by atoms with Gasteiger partial charge in [0.2, 0.25) is 0 Å². The summed E-state index contributed by atoms with van der Waals surface area (Å²) in [7, 11) is 0. The number of carbonyl (C=O) groups is 1. The molecule has 0 saturated carbocycles. The molecule has 9 nitrogen and oxygen atoms in total. The highest BCUT2D eigenvalue weighted by molar-refractivity contribution is 6.01. The molecule has 2 aromatic carbocycles. The third kappa shape index (κ3) is 5.03. The molecule has 8 rings (SSSR count). The van der Waals surface area contributed by atoms with Crippen molar-refractivity contribution in [2.45, 2.75) is 75.6 Å². The van der Waals surface area contributed by atoms with Crippen molar-refractivity contribution >= 4 is 33.5 Å². The summed E-state index contributed by atoms with van der Waals surface area (Å²) < 4.78 is 58.4. The van der Waals surface area contributed by atoms with Gasteiger partial charge in [-0.15, -0.1) is 0 Å². The monoisotopic (exact) mass is 647 g/mol. The first kappa shape index (κ1) is 30.2. The summed E-state index contributed by atoms with van der Waals surface area (Å²) in [4.78, 5) is 30.1. The third-order valence-corrected chi connectivity index (χ3v) is 10.6. The molecule has 246 valence electrons. The summed E-state index contributed by atoms with van der Waals surface area (Å²) in [5.74, 6) is -1.13. The van der Waals surface area contributed by atoms with Crippen molar-refractivity contribution in [1.82, 2.24) is 19.9 Å². The number of pyridine rings is 1. The van der Waals surface area contributed by atoms with Crippen LogP contribution in [0.1, 0.15) is 57.4 Å². The van der Waals surface area contributed by atoms with Crippen molar-refractivity contribution in [1.29, 1.82) is 0 Å². The number of benzene rings is 2. The SMILES string of the molecule is CCc1c(F)ccc2cc(O)cc(-c3ncc4c(N5CCC[C@]6(CCC(=O)O6)C5)nc(OC[C@@]56CCCN5C[C@H](F)C6)nc4c3F)c12. The zero-order chi connectivity index (χ0) is 32.5. The van der Waals surface area contributed by atoms with E-state index in [2.05, 4.69) is 14.9 Å². The molecule has 47 heavy (non-hydrogen) atoms. The molecule has 0 unspecified atom stereocenters. The van der Waals surface area contributed by atoms with Gasteiger partial charge < -0.3 is 19.5 Å². The van der Waals surface area contributed by atoms with E-state index < -0.39 is 28.9 Å². The molecule has 4 aromatic rings. The lowest BCUT2D eigenvalue weighted by molar-refractivity contribution is -0.148. The Morgan fingerprint density at radius 1 is 1.13 bits per heavy atom. The summed E-state index contributed by atoms with van der Waals surface area (Å²) in [6, 6.07) is 5.75. The maximum atomic E-state index is 16.9. The zero-order valence-electron chi connectivity index (χ0n) is 26.2. The van der Waals surface area contributed by atoms with Crippen LogP contribution >= 0.6 is 0 Å². The molecule has 1 N–H and O–H groups in total. The number of hydrogen-bond donors (Lipinski definition) is 1. The molecule has 12 heteroatoms. The van der Waals surface area contributed by atoms with E-state index in [4.69, 9.17) is 14.5 Å². The molecule has 4 saturated heterocycles. The molecule has 0 radical (unpaired) electrons. The first-order valence-electron chi connectivity index (χ1n) is 16.5. The number of anilines is 1. The maximum absolute atomic E-state index is 16.9. The molecular weight excluding hydrogens is 611 g/mol. The van der Waals surface area contributed by atoms with Gasteiger partial charge >= 0.3 is 12.0 Å². The number of piperidine rings is 1. The van der Waals surface area contributed by atoms with Crippen LogP contribution in [0.15, 0.2) is 30.5 Å². The quantitative estimate of drug-likeness (QED) is 0.252. The van der Waals surface area contributed by atoms with Crippen LogP contribution in [0.3, 0.4) is 0 Å². The number of fused-ring (bicyclic) bond motifs is 3. The predicted molar refractivity (Wildman–Crippen MR) is 169 cm³/mol. The van der Waals surface area contributed by atoms with Crippen LogP contribution in [0.25, 0.3) is 32.9 Å². The molecule has 1 spiro atoms. The Labute approximate surface area is 269 Å². The number of carbonyl (C=O) groups excluding carboxylic acids is 1. The van der Waals surface area contributed by atoms with Gasteiger partial charge in [-0.05, 0) is 79.6 Å². The van der Waals surface area contributed by atoms with Gasteiger partial charge in [0, 0.05) is 37.7 Å². The highest BCUT2D eigenvalue weighted by Gasteiger charge is 2.49. The number of alkyl halides is 1. The van der Waals surface area contributed by atoms with Gasteiger partial charge in [0.1, 0.15) is 47.0 Å². The van der Waals surface area contributed by atoms with Crippen molar-refractivity contribution in [2.75, 3.05) is 37.7 Å². The van der Waals surface area contributed by atoms with Crippen molar-refractivity contribution < 1.29 is 32.5 Å². The first-order valence-corrected chi connectivity index (χ1v) is 16.5. The van der Waals surface area contributed by atoms with Gasteiger partial charge in [-0.2, -0.15) is 9.97 Å². The summed E-state index contributed by atoms with van der Waals surface area (Å²) in [6.45, 7) is 4.11. The number of phenols is 1. The Morgan fingerprint density at radius 3 is 2.79 bits per heavy atom. The van der Waals surface area contributed by atoms with Gasteiger partial charge in [-0.25, -0.2) is 13.2 Å². The summed E-state index contributed by atoms with van der Waals surface area (Å²) >= 11 is 0. The number of rotatable bonds is 6. The molecule has 0 amide bonds. The normalized spacial score (nSPS) is 26.1. The van der Waals surface area contributed by atoms with Crippen molar-refractivity contribution in [3.8, 4) is 23.0 Å². The lowest BCUT2D eigenvalue weighted by Crippen LogP contribution is -2.48. The van der Waals surface area contributed by atoms with Gasteiger partial charge in [0.25, 0.3) is 0 Å². The minimum absolute atomic E-state index is 0.0421. The Balaban J connectivity index is 1.27. The summed E-state index contributed by atoms with van der Waals surface area (Å²) in [5.41, 5.74) is -0.615. The van der Waals surface area contributed by atoms with E-state index in [0.717, 1.165) is 32.2 Å². The summed E-state index contributed by atoms with van der Waals surface area (Å²) in [6.07, 6.45) is 5.39. The number of ether oxygens (including phenoxy) is 2. The van der Waals surface area contributed by atoms with Crippen molar-refractivity contribution in [2.24, 2.45) is 0 Å². The average molecular weight is 648 g/mol. The standard InChI is InChI=1S/C35H36F3N5O4/c1-2-23-26(37)6-5-20-13-22(44)14-24(28(20)23)30-29(38)31-25(16-39-30)32(42-11-4-9-35(18-42)10-7-27(45)47-35)41-33(40-31)46-19-34-8-3-12-43(34)17-21(36)15-34/h5-6,13-14,16,21,44H,2-4,7-12,15,17-19H2,1H3/t21-,34+,35+/m1/s1. The number of aryl methyl sites for hydroxylation is 1. The molecule has 4 aliphatic heterocycles. The Bertz CT molecular complexity index is 1930. The number of halogens is 3. The number of hydrogen-bond acceptors (Lipinski definition) is 9. The van der Waals surface area contributed by atoms with E-state index in [1.165, 1.54) is 24.4 Å². The van der Waals surface area contributed by atoms with Crippen LogP contribution in [0.2, 0.25) is 0 Å². The molecule has 0 aliphatic carbocycles. The lowest BCUT2D eigenvalue weighted by atomic mass is 9.90. The molecule has 0 bridgehead atoms. The number of phenolic OH excluding ortho intramolecular Hbond substituents is 1. The molecule has 4 aliphatic rings. The summed E-state index contributed by atoms with van der Waals surface area (Å²) in [5, 5.41) is 12.0. The predicted octanol–water partition coefficient (Wildman–Crippen LogP) is 6.02. The zero-order valence-corrected chi connectivity index (χ0v) is 26.2. The molecular formula is C35H36F3N5O4. The number of aromatic nitrogens is 3. The highest BCUT2D eigenvalue weighted by Crippen LogP contribution is 2.43. The Hall–Kier alpha value is -4.19. The van der Waals surface area contributed by atoms with E-state index in [1.54, 1.807) is 6.07 Å². The van der Waals surface area contributed by atoms with Crippen LogP contribution < -0.4 is 9.64 Å². The lowest BCUT2D eigenvalue weighted by Gasteiger charge is -2.40. The second-order valence-electron chi connectivity index (χ2n) is 13.5. The van der Waals surface area contributed by atoms with Crippen LogP contribution in [0, 0.1) is 11.6 Å². The van der Waals surface area contributed by atoms with Gasteiger partial charge in [-0.1, -0.05) is 13.0 Å². The average Bonchev–Trinajstić information content (AvgIpc) is 3.71. The number of esters is 1. The van der Waals surface area contributed by atoms with Crippen LogP contribution in [0.5, 0.6) is 11.8 Å². The second-order valence-corrected chi connectivity index (χ2v) is 13.5. The number of nitrogens with zero attached hydrogens (tertiary/aromatic N) is 5. The van der Waals surface area contributed by atoms with E-state index in [1.807, 2.05) is 11.8 Å². The highest BCUT2D eigenvalue weighted by atomic mass is 19.1. The minimum atomic E-state index is -0.938. The van der Waals surface area contributed by atoms with Gasteiger partial charge in [0.15, 0.2) is 5.82 Å². The molecule has 6 heterocycles. The fourth-order valence-corrected chi connectivity index (χ4v) is 8.43. The second kappa shape index (κ2) is 11.2. The number of aromatic hydroxyl groups is 1. The largest absolute Gasteiger partial charge is 0.508 e. The topological polar surface area (TPSA) is 101 Å². The van der Waals surface area contributed by atoms with E-state index in [-0.39, 0.29) is 41.1 Å². The Kier molecular flexibility index (Phi) is 7.19. The molecule has 3 atom stereocenters. The van der Waals surface area contributed by atoms with Gasteiger partial charge in [-0.3, -0.25) is 14.7 Å². The fraction of sp³-hybridized carbons (Fsp3) is 0.486. The van der Waals surface area contributed by atoms with E-state index >= 15 is 4.39 Å². The van der Waals surface area contributed by atoms with Crippen LogP contribution in [0.4, 0.5) is 19.0 Å². The minimum Gasteiger partial charge on any atom is -0.508 e. The van der Waals surface area contributed by atoms with Crippen molar-refractivity contribution in [3.63, 3.8) is 0 Å². The van der Waals surface area contributed by atoms with E-state index in [0.29, 0.717) is 72.9 Å². The smallest absolute Gasteiger partial charge is 0.319 e. The van der Waals surface area contributed by atoms with E-state index in [9.17, 15) is 18.7 Å². The van der Waals surface area contributed by atoms with Crippen LogP contribution in [-0.4, -0.2) is 81.0 Å². The first-order chi connectivity index (χ1) is 22.7. The maximum Gasteiger partial charge on any atom is 0.319 e. The molecule has 4 fully saturated rings. The van der Waals surface area contributed by atoms with Crippen molar-refractivity contribution in [3.05, 3.63) is 47.7 Å². The third-order valence-electron chi connectivity index (χ3n) is 10.6. The Morgan fingerprint density at radius 2 is 1.98 bits per heavy atom. The molecule has 2 aromatic heterocycles. The van der Waals surface area contributed by atoms with Gasteiger partial charge in [0.05, 0.1) is 17.5 Å². The van der Waals surface area contributed by atoms with Crippen LogP contribution in [-0.2, 0) is 16.0 Å². The fourth-order valence-electron chi connectivity index (χ4n) is 8.43.